The molecule has 3 heteroatoms. The molecule has 0 spiro atoms. The Morgan fingerprint density at radius 1 is 0.944 bits per heavy atom. The van der Waals surface area contributed by atoms with Gasteiger partial charge in [-0.05, 0) is 17.7 Å². The first-order valence-corrected chi connectivity index (χ1v) is 5.98. The van der Waals surface area contributed by atoms with Gasteiger partial charge >= 0.3 is 0 Å². The van der Waals surface area contributed by atoms with Gasteiger partial charge in [-0.25, -0.2) is 4.39 Å². The molecule has 0 radical (unpaired) electrons. The fourth-order valence-corrected chi connectivity index (χ4v) is 1.62. The monoisotopic (exact) mass is 245 g/mol. The van der Waals surface area contributed by atoms with E-state index >= 15 is 0 Å². The topological polar surface area (TPSA) is 21.3 Å². The lowest BCUT2D eigenvalue weighted by molar-refractivity contribution is 0.298. The summed E-state index contributed by atoms with van der Waals surface area (Å²) in [6, 6.07) is 16.6. The molecule has 1 N–H and O–H groups in total. The molecule has 0 saturated carbocycles. The van der Waals surface area contributed by atoms with Crippen molar-refractivity contribution in [3.8, 4) is 5.75 Å². The predicted octanol–water partition coefficient (Wildman–Crippen LogP) is 2.99. The van der Waals surface area contributed by atoms with E-state index in [1.54, 1.807) is 18.2 Å². The Morgan fingerprint density at radius 3 is 2.44 bits per heavy atom. The molecule has 0 bridgehead atoms. The second-order valence-electron chi connectivity index (χ2n) is 3.94. The molecule has 0 amide bonds. The molecule has 0 unspecified atom stereocenters. The first kappa shape index (κ1) is 12.6. The fraction of sp³-hybridized carbons (Fsp3) is 0.200. The Labute approximate surface area is 106 Å². The summed E-state index contributed by atoms with van der Waals surface area (Å²) in [6.07, 6.45) is 0. The molecule has 2 rings (SSSR count). The van der Waals surface area contributed by atoms with E-state index in [1.807, 2.05) is 18.2 Å². The molecule has 0 aliphatic rings. The summed E-state index contributed by atoms with van der Waals surface area (Å²) >= 11 is 0. The lowest BCUT2D eigenvalue weighted by Crippen LogP contribution is -2.20. The Hall–Kier alpha value is -1.87. The summed E-state index contributed by atoms with van der Waals surface area (Å²) in [5.41, 5.74) is 1.23. The predicted molar refractivity (Wildman–Crippen MR) is 70.0 cm³/mol. The smallest absolute Gasteiger partial charge is 0.165 e. The molecule has 0 heterocycles. The van der Waals surface area contributed by atoms with E-state index in [0.717, 1.165) is 6.54 Å². The summed E-state index contributed by atoms with van der Waals surface area (Å²) in [4.78, 5) is 0. The third-order valence-electron chi connectivity index (χ3n) is 2.55. The van der Waals surface area contributed by atoms with Crippen LogP contribution in [0.1, 0.15) is 5.56 Å². The van der Waals surface area contributed by atoms with E-state index in [2.05, 4.69) is 17.4 Å². The van der Waals surface area contributed by atoms with Gasteiger partial charge in [0.05, 0.1) is 0 Å². The summed E-state index contributed by atoms with van der Waals surface area (Å²) in [7, 11) is 0. The Balaban J connectivity index is 1.66. The van der Waals surface area contributed by atoms with Crippen LogP contribution in [0.4, 0.5) is 4.39 Å². The second kappa shape index (κ2) is 6.77. The first-order chi connectivity index (χ1) is 8.86. The van der Waals surface area contributed by atoms with Crippen molar-refractivity contribution in [2.75, 3.05) is 13.2 Å². The van der Waals surface area contributed by atoms with Crippen molar-refractivity contribution in [3.05, 3.63) is 66.0 Å². The van der Waals surface area contributed by atoms with Crippen LogP contribution in [0.15, 0.2) is 54.6 Å². The van der Waals surface area contributed by atoms with Crippen molar-refractivity contribution in [2.45, 2.75) is 6.54 Å². The molecule has 2 aromatic rings. The third kappa shape index (κ3) is 3.86. The van der Waals surface area contributed by atoms with Crippen LogP contribution in [0.25, 0.3) is 0 Å². The van der Waals surface area contributed by atoms with Gasteiger partial charge in [0.1, 0.15) is 6.61 Å². The van der Waals surface area contributed by atoms with Crippen LogP contribution in [0, 0.1) is 5.82 Å². The van der Waals surface area contributed by atoms with Gasteiger partial charge in [-0.3, -0.25) is 0 Å². The van der Waals surface area contributed by atoms with Crippen LogP contribution in [0.5, 0.6) is 5.75 Å². The summed E-state index contributed by atoms with van der Waals surface area (Å²) < 4.78 is 18.6. The standard InChI is InChI=1S/C15H16FNO/c16-14-8-4-5-9-15(14)18-11-10-17-12-13-6-2-1-3-7-13/h1-9,17H,10-12H2. The van der Waals surface area contributed by atoms with E-state index in [-0.39, 0.29) is 5.82 Å². The van der Waals surface area contributed by atoms with Gasteiger partial charge < -0.3 is 10.1 Å². The van der Waals surface area contributed by atoms with Crippen LogP contribution in [-0.2, 0) is 6.54 Å². The van der Waals surface area contributed by atoms with Crippen LogP contribution < -0.4 is 10.1 Å². The molecule has 0 aliphatic heterocycles. The van der Waals surface area contributed by atoms with Gasteiger partial charge in [-0.2, -0.15) is 0 Å². The van der Waals surface area contributed by atoms with Crippen LogP contribution in [0.3, 0.4) is 0 Å². The Morgan fingerprint density at radius 2 is 1.67 bits per heavy atom. The maximum absolute atomic E-state index is 13.2. The van der Waals surface area contributed by atoms with E-state index in [4.69, 9.17) is 4.74 Å². The maximum Gasteiger partial charge on any atom is 0.165 e. The van der Waals surface area contributed by atoms with Gasteiger partial charge in [0.2, 0.25) is 0 Å². The van der Waals surface area contributed by atoms with Crippen molar-refractivity contribution in [3.63, 3.8) is 0 Å². The van der Waals surface area contributed by atoms with Crippen LogP contribution in [0.2, 0.25) is 0 Å². The largest absolute Gasteiger partial charge is 0.489 e. The average molecular weight is 245 g/mol. The quantitative estimate of drug-likeness (QED) is 0.790. The van der Waals surface area contributed by atoms with Crippen LogP contribution in [-0.4, -0.2) is 13.2 Å². The molecule has 0 fully saturated rings. The number of nitrogens with one attached hydrogen (secondary N) is 1. The van der Waals surface area contributed by atoms with Gasteiger partial charge in [0.15, 0.2) is 11.6 Å². The zero-order chi connectivity index (χ0) is 12.6. The third-order valence-corrected chi connectivity index (χ3v) is 2.55. The number of hydrogen-bond acceptors (Lipinski definition) is 2. The Bertz CT molecular complexity index is 473. The highest BCUT2D eigenvalue weighted by atomic mass is 19.1. The number of ether oxygens (including phenoxy) is 1. The minimum Gasteiger partial charge on any atom is -0.489 e. The van der Waals surface area contributed by atoms with E-state index in [9.17, 15) is 4.39 Å². The number of halogens is 1. The fourth-order valence-electron chi connectivity index (χ4n) is 1.62. The highest BCUT2D eigenvalue weighted by molar-refractivity contribution is 5.23. The van der Waals surface area contributed by atoms with Crippen molar-refractivity contribution >= 4 is 0 Å². The molecule has 0 aromatic heterocycles. The van der Waals surface area contributed by atoms with Gasteiger partial charge in [0.25, 0.3) is 0 Å². The molecule has 0 saturated heterocycles. The van der Waals surface area contributed by atoms with Gasteiger partial charge in [-0.15, -0.1) is 0 Å². The molecule has 2 nitrogen and oxygen atoms in total. The molecular formula is C15H16FNO. The first-order valence-electron chi connectivity index (χ1n) is 5.98. The minimum atomic E-state index is -0.319. The average Bonchev–Trinajstić information content (AvgIpc) is 2.42. The highest BCUT2D eigenvalue weighted by Gasteiger charge is 2.00. The lowest BCUT2D eigenvalue weighted by Gasteiger charge is -2.08. The van der Waals surface area contributed by atoms with Crippen LogP contribution >= 0.6 is 0 Å². The normalized spacial score (nSPS) is 10.3. The number of para-hydroxylation sites is 1. The molecule has 18 heavy (non-hydrogen) atoms. The van der Waals surface area contributed by atoms with E-state index < -0.39 is 0 Å². The molecule has 0 aliphatic carbocycles. The van der Waals surface area contributed by atoms with E-state index in [1.165, 1.54) is 11.6 Å². The summed E-state index contributed by atoms with van der Waals surface area (Å²) in [6.45, 7) is 1.93. The van der Waals surface area contributed by atoms with Gasteiger partial charge in [-0.1, -0.05) is 42.5 Å². The minimum absolute atomic E-state index is 0.305. The highest BCUT2D eigenvalue weighted by Crippen LogP contribution is 2.14. The SMILES string of the molecule is Fc1ccccc1OCCNCc1ccccc1. The molecule has 0 atom stereocenters. The second-order valence-corrected chi connectivity index (χ2v) is 3.94. The number of benzene rings is 2. The number of hydrogen-bond donors (Lipinski definition) is 1. The molecule has 94 valence electrons. The Kier molecular flexibility index (Phi) is 4.73. The molecular weight excluding hydrogens is 229 g/mol. The number of rotatable bonds is 6. The van der Waals surface area contributed by atoms with Crippen molar-refractivity contribution in [2.24, 2.45) is 0 Å². The summed E-state index contributed by atoms with van der Waals surface area (Å²) in [5, 5.41) is 3.24. The van der Waals surface area contributed by atoms with Gasteiger partial charge in [0, 0.05) is 13.1 Å². The van der Waals surface area contributed by atoms with Crippen molar-refractivity contribution in [1.82, 2.24) is 5.32 Å². The zero-order valence-corrected chi connectivity index (χ0v) is 10.1. The van der Waals surface area contributed by atoms with Crippen molar-refractivity contribution < 1.29 is 9.13 Å². The zero-order valence-electron chi connectivity index (χ0n) is 10.1. The lowest BCUT2D eigenvalue weighted by atomic mass is 10.2. The van der Waals surface area contributed by atoms with E-state index in [0.29, 0.717) is 18.9 Å². The van der Waals surface area contributed by atoms with Crippen molar-refractivity contribution in [1.29, 1.82) is 0 Å². The maximum atomic E-state index is 13.2. The summed E-state index contributed by atoms with van der Waals surface area (Å²) in [5.74, 6) is -0.0143. The molecule has 2 aromatic carbocycles.